The molecular weight excluding hydrogens is 254 g/mol. The van der Waals surface area contributed by atoms with E-state index in [1.807, 2.05) is 0 Å². The first-order valence-corrected chi connectivity index (χ1v) is 8.11. The minimum atomic E-state index is -3.09. The van der Waals surface area contributed by atoms with Crippen molar-refractivity contribution in [3.05, 3.63) is 0 Å². The lowest BCUT2D eigenvalue weighted by Gasteiger charge is -2.18. The predicted octanol–water partition coefficient (Wildman–Crippen LogP) is -0.734. The number of amides is 1. The molecule has 1 saturated carbocycles. The second-order valence-electron chi connectivity index (χ2n) is 5.07. The van der Waals surface area contributed by atoms with Crippen LogP contribution in [-0.4, -0.2) is 50.1 Å². The molecule has 2 aliphatic rings. The zero-order valence-corrected chi connectivity index (χ0v) is 11.3. The molecule has 2 rings (SSSR count). The van der Waals surface area contributed by atoms with Crippen LogP contribution < -0.4 is 11.1 Å². The lowest BCUT2D eigenvalue weighted by Crippen LogP contribution is -2.43. The van der Waals surface area contributed by atoms with Crippen LogP contribution in [0.4, 0.5) is 0 Å². The van der Waals surface area contributed by atoms with Crippen molar-refractivity contribution in [1.82, 2.24) is 9.62 Å². The summed E-state index contributed by atoms with van der Waals surface area (Å²) in [6.45, 7) is 1.28. The lowest BCUT2D eigenvalue weighted by molar-refractivity contribution is -0.122. The van der Waals surface area contributed by atoms with Crippen LogP contribution in [0.25, 0.3) is 0 Å². The monoisotopic (exact) mass is 275 g/mol. The smallest absolute Gasteiger partial charge is 0.221 e. The number of nitrogens with two attached hydrogens (primary N) is 1. The van der Waals surface area contributed by atoms with Gasteiger partial charge in [0.05, 0.1) is 5.75 Å². The summed E-state index contributed by atoms with van der Waals surface area (Å²) in [5.41, 5.74) is 5.60. The minimum Gasteiger partial charge on any atom is -0.352 e. The van der Waals surface area contributed by atoms with Crippen molar-refractivity contribution < 1.29 is 13.2 Å². The summed E-state index contributed by atoms with van der Waals surface area (Å²) < 4.78 is 24.5. The predicted molar refractivity (Wildman–Crippen MR) is 68.3 cm³/mol. The number of hydrogen-bond acceptors (Lipinski definition) is 4. The van der Waals surface area contributed by atoms with Gasteiger partial charge in [0.1, 0.15) is 0 Å². The van der Waals surface area contributed by atoms with Crippen molar-refractivity contribution in [1.29, 1.82) is 0 Å². The largest absolute Gasteiger partial charge is 0.352 e. The number of carbonyl (C=O) groups is 1. The molecule has 1 atom stereocenters. The molecule has 0 bridgehead atoms. The Morgan fingerprint density at radius 2 is 2.17 bits per heavy atom. The van der Waals surface area contributed by atoms with E-state index in [2.05, 4.69) is 5.32 Å². The van der Waals surface area contributed by atoms with Crippen LogP contribution in [0.2, 0.25) is 0 Å². The maximum absolute atomic E-state index is 11.7. The van der Waals surface area contributed by atoms with Gasteiger partial charge in [-0.05, 0) is 25.2 Å². The maximum atomic E-state index is 11.7. The normalized spacial score (nSPS) is 24.9. The Labute approximate surface area is 108 Å². The Balaban J connectivity index is 1.74. The van der Waals surface area contributed by atoms with E-state index in [0.717, 1.165) is 12.8 Å². The first-order chi connectivity index (χ1) is 8.53. The Morgan fingerprint density at radius 3 is 2.67 bits per heavy atom. The Kier molecular flexibility index (Phi) is 4.24. The summed E-state index contributed by atoms with van der Waals surface area (Å²) in [6, 6.07) is 0.0627. The van der Waals surface area contributed by atoms with Crippen LogP contribution in [0, 0.1) is 5.92 Å². The molecule has 104 valence electrons. The fourth-order valence-corrected chi connectivity index (χ4v) is 3.84. The SMILES string of the molecule is NCC(NC(=O)CCN1CCCS1(=O)=O)C1CC1. The number of carbonyl (C=O) groups excluding carboxylic acids is 1. The van der Waals surface area contributed by atoms with E-state index >= 15 is 0 Å². The highest BCUT2D eigenvalue weighted by Crippen LogP contribution is 2.32. The Morgan fingerprint density at radius 1 is 1.44 bits per heavy atom. The van der Waals surface area contributed by atoms with Gasteiger partial charge in [0.15, 0.2) is 0 Å². The van der Waals surface area contributed by atoms with Crippen LogP contribution in [-0.2, 0) is 14.8 Å². The van der Waals surface area contributed by atoms with Gasteiger partial charge in [-0.25, -0.2) is 12.7 Å². The van der Waals surface area contributed by atoms with Gasteiger partial charge < -0.3 is 11.1 Å². The van der Waals surface area contributed by atoms with Crippen LogP contribution in [0.1, 0.15) is 25.7 Å². The molecule has 1 saturated heterocycles. The zero-order valence-electron chi connectivity index (χ0n) is 10.5. The Bertz CT molecular complexity index is 406. The highest BCUT2D eigenvalue weighted by Gasteiger charge is 2.32. The van der Waals surface area contributed by atoms with E-state index in [1.54, 1.807) is 0 Å². The molecule has 18 heavy (non-hydrogen) atoms. The van der Waals surface area contributed by atoms with Crippen molar-refractivity contribution in [2.24, 2.45) is 11.7 Å². The first kappa shape index (κ1) is 13.8. The molecular formula is C11H21N3O3S. The molecule has 0 spiro atoms. The molecule has 0 radical (unpaired) electrons. The van der Waals surface area contributed by atoms with Crippen LogP contribution in [0.3, 0.4) is 0 Å². The summed E-state index contributed by atoms with van der Waals surface area (Å²) in [6.07, 6.45) is 3.14. The molecule has 0 aromatic rings. The van der Waals surface area contributed by atoms with Crippen LogP contribution in [0.5, 0.6) is 0 Å². The standard InChI is InChI=1S/C11H21N3O3S/c12-8-10(9-2-3-9)13-11(15)4-6-14-5-1-7-18(14,16)17/h9-10H,1-8,12H2,(H,13,15). The van der Waals surface area contributed by atoms with E-state index in [9.17, 15) is 13.2 Å². The van der Waals surface area contributed by atoms with Gasteiger partial charge in [-0.15, -0.1) is 0 Å². The zero-order chi connectivity index (χ0) is 13.2. The summed E-state index contributed by atoms with van der Waals surface area (Å²) in [7, 11) is -3.09. The van der Waals surface area contributed by atoms with Crippen molar-refractivity contribution in [2.75, 3.05) is 25.4 Å². The number of hydrogen-bond donors (Lipinski definition) is 2. The highest BCUT2D eigenvalue weighted by molar-refractivity contribution is 7.89. The minimum absolute atomic E-state index is 0.0627. The summed E-state index contributed by atoms with van der Waals surface area (Å²) in [5, 5.41) is 2.89. The molecule has 3 N–H and O–H groups in total. The third-order valence-electron chi connectivity index (χ3n) is 3.58. The van der Waals surface area contributed by atoms with Gasteiger partial charge in [-0.1, -0.05) is 0 Å². The number of sulfonamides is 1. The van der Waals surface area contributed by atoms with Crippen molar-refractivity contribution in [3.8, 4) is 0 Å². The van der Waals surface area contributed by atoms with Crippen molar-refractivity contribution in [3.63, 3.8) is 0 Å². The van der Waals surface area contributed by atoms with Gasteiger partial charge in [0, 0.05) is 32.1 Å². The number of nitrogens with zero attached hydrogens (tertiary/aromatic N) is 1. The molecule has 1 aliphatic heterocycles. The molecule has 6 nitrogen and oxygen atoms in total. The van der Waals surface area contributed by atoms with E-state index in [1.165, 1.54) is 4.31 Å². The van der Waals surface area contributed by atoms with Gasteiger partial charge in [0.25, 0.3) is 0 Å². The summed E-state index contributed by atoms with van der Waals surface area (Å²) in [4.78, 5) is 11.7. The number of nitrogens with one attached hydrogen (secondary N) is 1. The van der Waals surface area contributed by atoms with Crippen molar-refractivity contribution in [2.45, 2.75) is 31.7 Å². The fraction of sp³-hybridized carbons (Fsp3) is 0.909. The maximum Gasteiger partial charge on any atom is 0.221 e. The Hall–Kier alpha value is -0.660. The summed E-state index contributed by atoms with van der Waals surface area (Å²) >= 11 is 0. The average Bonchev–Trinajstić information content (AvgIpc) is 3.09. The topological polar surface area (TPSA) is 92.5 Å². The van der Waals surface area contributed by atoms with Gasteiger partial charge in [0.2, 0.25) is 15.9 Å². The second-order valence-corrected chi connectivity index (χ2v) is 7.15. The highest BCUT2D eigenvalue weighted by atomic mass is 32.2. The number of rotatable bonds is 6. The van der Waals surface area contributed by atoms with Gasteiger partial charge in [-0.2, -0.15) is 0 Å². The molecule has 0 aromatic carbocycles. The molecule has 1 unspecified atom stereocenters. The van der Waals surface area contributed by atoms with Gasteiger partial charge in [-0.3, -0.25) is 4.79 Å². The molecule has 1 aliphatic carbocycles. The quantitative estimate of drug-likeness (QED) is 0.668. The van der Waals surface area contributed by atoms with Crippen LogP contribution >= 0.6 is 0 Å². The molecule has 7 heteroatoms. The molecule has 2 fully saturated rings. The molecule has 1 heterocycles. The second kappa shape index (κ2) is 5.54. The summed E-state index contributed by atoms with van der Waals surface area (Å²) in [5.74, 6) is 0.635. The van der Waals surface area contributed by atoms with E-state index < -0.39 is 10.0 Å². The van der Waals surface area contributed by atoms with Crippen LogP contribution in [0.15, 0.2) is 0 Å². The lowest BCUT2D eigenvalue weighted by atomic mass is 10.2. The van der Waals surface area contributed by atoms with Gasteiger partial charge >= 0.3 is 0 Å². The van der Waals surface area contributed by atoms with Crippen molar-refractivity contribution >= 4 is 15.9 Å². The third-order valence-corrected chi connectivity index (χ3v) is 5.54. The molecule has 0 aromatic heterocycles. The van der Waals surface area contributed by atoms with E-state index in [0.29, 0.717) is 25.4 Å². The average molecular weight is 275 g/mol. The molecule has 1 amide bonds. The first-order valence-electron chi connectivity index (χ1n) is 6.50. The van der Waals surface area contributed by atoms with E-state index in [-0.39, 0.29) is 30.7 Å². The fourth-order valence-electron chi connectivity index (χ4n) is 2.32. The third kappa shape index (κ3) is 3.43. The van der Waals surface area contributed by atoms with E-state index in [4.69, 9.17) is 5.73 Å².